The summed E-state index contributed by atoms with van der Waals surface area (Å²) in [5.74, 6) is 0.923. The topological polar surface area (TPSA) is 30.5 Å². The van der Waals surface area contributed by atoms with Crippen LogP contribution in [0.2, 0.25) is 0 Å². The molecule has 1 atom stereocenters. The monoisotopic (exact) mass is 263 g/mol. The smallest absolute Gasteiger partial charge is 0.119 e. The van der Waals surface area contributed by atoms with Crippen molar-refractivity contribution >= 4 is 0 Å². The van der Waals surface area contributed by atoms with Crippen LogP contribution in [0.1, 0.15) is 34.1 Å². The lowest BCUT2D eigenvalue weighted by molar-refractivity contribution is -0.0698. The second-order valence-corrected chi connectivity index (χ2v) is 6.34. The van der Waals surface area contributed by atoms with Gasteiger partial charge in [-0.2, -0.15) is 0 Å². The SMILES string of the molecule is CC1(C)CC(NCCOc2ccccc2)C(C)(C)O1. The largest absolute Gasteiger partial charge is 0.492 e. The molecule has 1 aliphatic rings. The Morgan fingerprint density at radius 1 is 1.21 bits per heavy atom. The highest BCUT2D eigenvalue weighted by molar-refractivity contribution is 5.20. The molecule has 0 aliphatic carbocycles. The number of ether oxygens (including phenoxy) is 2. The summed E-state index contributed by atoms with van der Waals surface area (Å²) in [5.41, 5.74) is -0.155. The zero-order chi connectivity index (χ0) is 13.9. The second kappa shape index (κ2) is 5.51. The minimum atomic E-state index is -0.115. The minimum Gasteiger partial charge on any atom is -0.492 e. The average Bonchev–Trinajstić information content (AvgIpc) is 2.54. The molecule has 3 nitrogen and oxygen atoms in total. The molecule has 19 heavy (non-hydrogen) atoms. The number of nitrogens with one attached hydrogen (secondary N) is 1. The van der Waals surface area contributed by atoms with Crippen molar-refractivity contribution in [1.82, 2.24) is 5.32 Å². The lowest BCUT2D eigenvalue weighted by atomic mass is 9.94. The molecule has 1 N–H and O–H groups in total. The van der Waals surface area contributed by atoms with Gasteiger partial charge in [0.15, 0.2) is 0 Å². The van der Waals surface area contributed by atoms with Gasteiger partial charge in [-0.3, -0.25) is 0 Å². The number of hydrogen-bond acceptors (Lipinski definition) is 3. The minimum absolute atomic E-state index is 0.0402. The molecule has 106 valence electrons. The molecule has 1 aromatic carbocycles. The van der Waals surface area contributed by atoms with Crippen LogP contribution in [0.3, 0.4) is 0 Å². The first-order chi connectivity index (χ1) is 8.89. The van der Waals surface area contributed by atoms with Crippen LogP contribution in [-0.2, 0) is 4.74 Å². The lowest BCUT2D eigenvalue weighted by Gasteiger charge is -2.27. The Morgan fingerprint density at radius 2 is 1.89 bits per heavy atom. The van der Waals surface area contributed by atoms with Crippen molar-refractivity contribution in [3.63, 3.8) is 0 Å². The molecule has 0 saturated carbocycles. The highest BCUT2D eigenvalue weighted by Crippen LogP contribution is 2.37. The Hall–Kier alpha value is -1.06. The first kappa shape index (κ1) is 14.4. The van der Waals surface area contributed by atoms with Crippen LogP contribution in [-0.4, -0.2) is 30.4 Å². The van der Waals surface area contributed by atoms with E-state index in [4.69, 9.17) is 9.47 Å². The Balaban J connectivity index is 1.74. The number of rotatable bonds is 5. The number of hydrogen-bond donors (Lipinski definition) is 1. The van der Waals surface area contributed by atoms with Gasteiger partial charge in [-0.25, -0.2) is 0 Å². The van der Waals surface area contributed by atoms with Gasteiger partial charge in [0.05, 0.1) is 11.2 Å². The molecule has 1 saturated heterocycles. The highest BCUT2D eigenvalue weighted by Gasteiger charge is 2.45. The van der Waals surface area contributed by atoms with Crippen LogP contribution >= 0.6 is 0 Å². The maximum Gasteiger partial charge on any atom is 0.119 e. The fourth-order valence-corrected chi connectivity index (χ4v) is 2.80. The molecule has 0 spiro atoms. The Morgan fingerprint density at radius 3 is 2.47 bits per heavy atom. The third-order valence-electron chi connectivity index (χ3n) is 3.58. The van der Waals surface area contributed by atoms with E-state index in [1.165, 1.54) is 0 Å². The van der Waals surface area contributed by atoms with E-state index in [2.05, 4.69) is 33.0 Å². The Kier molecular flexibility index (Phi) is 4.16. The van der Waals surface area contributed by atoms with Gasteiger partial charge in [0.1, 0.15) is 12.4 Å². The van der Waals surface area contributed by atoms with E-state index < -0.39 is 0 Å². The number of para-hydroxylation sites is 1. The first-order valence-electron chi connectivity index (χ1n) is 7.00. The van der Waals surface area contributed by atoms with Crippen molar-refractivity contribution < 1.29 is 9.47 Å². The zero-order valence-electron chi connectivity index (χ0n) is 12.4. The van der Waals surface area contributed by atoms with Crippen LogP contribution in [0.15, 0.2) is 30.3 Å². The van der Waals surface area contributed by atoms with Crippen LogP contribution in [0, 0.1) is 0 Å². The summed E-state index contributed by atoms with van der Waals surface area (Å²) in [7, 11) is 0. The molecular weight excluding hydrogens is 238 g/mol. The third-order valence-corrected chi connectivity index (χ3v) is 3.58. The van der Waals surface area contributed by atoms with Gasteiger partial charge in [0, 0.05) is 12.6 Å². The summed E-state index contributed by atoms with van der Waals surface area (Å²) in [4.78, 5) is 0. The van der Waals surface area contributed by atoms with Crippen LogP contribution in [0.4, 0.5) is 0 Å². The zero-order valence-corrected chi connectivity index (χ0v) is 12.4. The van der Waals surface area contributed by atoms with Gasteiger partial charge < -0.3 is 14.8 Å². The summed E-state index contributed by atoms with van der Waals surface area (Å²) in [5, 5.41) is 3.55. The molecule has 2 rings (SSSR count). The Bertz CT molecular complexity index is 400. The van der Waals surface area contributed by atoms with Crippen molar-refractivity contribution in [3.05, 3.63) is 30.3 Å². The molecule has 1 fully saturated rings. The van der Waals surface area contributed by atoms with Gasteiger partial charge in [0.25, 0.3) is 0 Å². The molecule has 0 amide bonds. The van der Waals surface area contributed by atoms with Crippen molar-refractivity contribution in [2.75, 3.05) is 13.2 Å². The summed E-state index contributed by atoms with van der Waals surface area (Å²) >= 11 is 0. The predicted octanol–water partition coefficient (Wildman–Crippen LogP) is 3.00. The van der Waals surface area contributed by atoms with Gasteiger partial charge in [-0.15, -0.1) is 0 Å². The van der Waals surface area contributed by atoms with Gasteiger partial charge in [-0.05, 0) is 46.2 Å². The normalized spacial score (nSPS) is 24.3. The summed E-state index contributed by atoms with van der Waals surface area (Å²) < 4.78 is 11.7. The number of benzene rings is 1. The molecule has 0 bridgehead atoms. The molecule has 1 aromatic rings. The molecule has 0 aromatic heterocycles. The third kappa shape index (κ3) is 3.95. The fourth-order valence-electron chi connectivity index (χ4n) is 2.80. The molecule has 0 radical (unpaired) electrons. The molecular formula is C16H25NO2. The van der Waals surface area contributed by atoms with E-state index in [0.29, 0.717) is 12.6 Å². The van der Waals surface area contributed by atoms with Gasteiger partial charge >= 0.3 is 0 Å². The first-order valence-corrected chi connectivity index (χ1v) is 7.00. The summed E-state index contributed by atoms with van der Waals surface area (Å²) in [6.45, 7) is 10.1. The summed E-state index contributed by atoms with van der Waals surface area (Å²) in [6, 6.07) is 10.3. The molecule has 1 aliphatic heterocycles. The Labute approximate surface area is 116 Å². The van der Waals surface area contributed by atoms with Crippen LogP contribution < -0.4 is 10.1 Å². The van der Waals surface area contributed by atoms with Crippen molar-refractivity contribution in [3.8, 4) is 5.75 Å². The van der Waals surface area contributed by atoms with Gasteiger partial charge in [0.2, 0.25) is 0 Å². The standard InChI is InChI=1S/C16H25NO2/c1-15(2)12-14(16(3,4)19-15)17-10-11-18-13-8-6-5-7-9-13/h5-9,14,17H,10-12H2,1-4H3. The molecule has 1 heterocycles. The maximum atomic E-state index is 6.06. The average molecular weight is 263 g/mol. The molecule has 1 unspecified atom stereocenters. The maximum absolute atomic E-state index is 6.06. The van der Waals surface area contributed by atoms with E-state index in [1.54, 1.807) is 0 Å². The van der Waals surface area contributed by atoms with E-state index in [-0.39, 0.29) is 11.2 Å². The van der Waals surface area contributed by atoms with Crippen LogP contribution in [0.5, 0.6) is 5.75 Å². The quantitative estimate of drug-likeness (QED) is 0.828. The van der Waals surface area contributed by atoms with E-state index in [1.807, 2.05) is 30.3 Å². The highest BCUT2D eigenvalue weighted by atomic mass is 16.5. The second-order valence-electron chi connectivity index (χ2n) is 6.34. The van der Waals surface area contributed by atoms with Crippen LogP contribution in [0.25, 0.3) is 0 Å². The van der Waals surface area contributed by atoms with Gasteiger partial charge in [-0.1, -0.05) is 18.2 Å². The predicted molar refractivity (Wildman–Crippen MR) is 77.6 cm³/mol. The van der Waals surface area contributed by atoms with E-state index in [9.17, 15) is 0 Å². The van der Waals surface area contributed by atoms with E-state index in [0.717, 1.165) is 18.7 Å². The fraction of sp³-hybridized carbons (Fsp3) is 0.625. The lowest BCUT2D eigenvalue weighted by Crippen LogP contribution is -2.44. The van der Waals surface area contributed by atoms with E-state index >= 15 is 0 Å². The molecule has 3 heteroatoms. The summed E-state index contributed by atoms with van der Waals surface area (Å²) in [6.07, 6.45) is 1.03. The van der Waals surface area contributed by atoms with Crippen molar-refractivity contribution in [2.45, 2.75) is 51.4 Å². The van der Waals surface area contributed by atoms with Crippen molar-refractivity contribution in [2.24, 2.45) is 0 Å². The van der Waals surface area contributed by atoms with Crippen molar-refractivity contribution in [1.29, 1.82) is 0 Å².